The van der Waals surface area contributed by atoms with Crippen molar-refractivity contribution in [3.63, 3.8) is 0 Å². The van der Waals surface area contributed by atoms with E-state index >= 15 is 0 Å². The van der Waals surface area contributed by atoms with Crippen LogP contribution in [0.5, 0.6) is 0 Å². The van der Waals surface area contributed by atoms with Crippen LogP contribution in [-0.4, -0.2) is 12.2 Å². The van der Waals surface area contributed by atoms with Gasteiger partial charge in [-0.15, -0.1) is 0 Å². The SMILES string of the molecule is CSCc1cccc(NC(=O)c2cc(=O)c3cc(Cl)ccc3o2)c1C. The smallest absolute Gasteiger partial charge is 0.291 e. The van der Waals surface area contributed by atoms with E-state index in [9.17, 15) is 9.59 Å². The molecule has 0 spiro atoms. The number of carbonyl (C=O) groups is 1. The topological polar surface area (TPSA) is 59.3 Å². The Morgan fingerprint density at radius 2 is 2.04 bits per heavy atom. The van der Waals surface area contributed by atoms with Crippen molar-refractivity contribution in [2.45, 2.75) is 12.7 Å². The van der Waals surface area contributed by atoms with Crippen LogP contribution in [0.15, 0.2) is 51.7 Å². The van der Waals surface area contributed by atoms with Crippen LogP contribution in [-0.2, 0) is 5.75 Å². The molecule has 0 aliphatic carbocycles. The molecule has 6 heteroatoms. The molecule has 0 saturated carbocycles. The van der Waals surface area contributed by atoms with Crippen LogP contribution in [0.25, 0.3) is 11.0 Å². The molecule has 0 aliphatic rings. The van der Waals surface area contributed by atoms with Gasteiger partial charge in [-0.2, -0.15) is 11.8 Å². The van der Waals surface area contributed by atoms with Gasteiger partial charge in [0.1, 0.15) is 5.58 Å². The van der Waals surface area contributed by atoms with Crippen molar-refractivity contribution >= 4 is 45.9 Å². The van der Waals surface area contributed by atoms with Gasteiger partial charge in [0.15, 0.2) is 11.2 Å². The lowest BCUT2D eigenvalue weighted by atomic mass is 10.1. The summed E-state index contributed by atoms with van der Waals surface area (Å²) < 4.78 is 5.57. The monoisotopic (exact) mass is 373 g/mol. The van der Waals surface area contributed by atoms with Gasteiger partial charge in [0, 0.05) is 22.5 Å². The van der Waals surface area contributed by atoms with Crippen LogP contribution >= 0.6 is 23.4 Å². The molecule has 0 radical (unpaired) electrons. The highest BCUT2D eigenvalue weighted by Crippen LogP contribution is 2.23. The lowest BCUT2D eigenvalue weighted by Crippen LogP contribution is -2.16. The third-order valence-corrected chi connectivity index (χ3v) is 4.74. The summed E-state index contributed by atoms with van der Waals surface area (Å²) in [7, 11) is 0. The largest absolute Gasteiger partial charge is 0.451 e. The van der Waals surface area contributed by atoms with E-state index in [0.717, 1.165) is 16.9 Å². The van der Waals surface area contributed by atoms with Crippen molar-refractivity contribution in [1.82, 2.24) is 0 Å². The Bertz CT molecular complexity index is 1010. The van der Waals surface area contributed by atoms with Gasteiger partial charge in [-0.25, -0.2) is 0 Å². The first-order valence-corrected chi connectivity index (χ1v) is 9.39. The minimum Gasteiger partial charge on any atom is -0.451 e. The summed E-state index contributed by atoms with van der Waals surface area (Å²) in [5, 5.41) is 3.61. The molecule has 2 aromatic carbocycles. The van der Waals surface area contributed by atoms with E-state index in [1.54, 1.807) is 23.9 Å². The van der Waals surface area contributed by atoms with Gasteiger partial charge in [-0.3, -0.25) is 9.59 Å². The maximum Gasteiger partial charge on any atom is 0.291 e. The van der Waals surface area contributed by atoms with Crippen LogP contribution < -0.4 is 10.7 Å². The molecule has 0 atom stereocenters. The number of thioether (sulfide) groups is 1. The molecular formula is C19H16ClNO3S. The summed E-state index contributed by atoms with van der Waals surface area (Å²) in [6.07, 6.45) is 2.03. The maximum absolute atomic E-state index is 12.5. The molecule has 128 valence electrons. The summed E-state index contributed by atoms with van der Waals surface area (Å²) in [6, 6.07) is 11.7. The van der Waals surface area contributed by atoms with Crippen molar-refractivity contribution < 1.29 is 9.21 Å². The Morgan fingerprint density at radius 1 is 1.24 bits per heavy atom. The zero-order chi connectivity index (χ0) is 18.0. The predicted octanol–water partition coefficient (Wildman–Crippen LogP) is 4.87. The second-order valence-corrected chi connectivity index (χ2v) is 6.89. The number of anilines is 1. The van der Waals surface area contributed by atoms with Gasteiger partial charge >= 0.3 is 0 Å². The molecule has 3 rings (SSSR count). The van der Waals surface area contributed by atoms with Gasteiger partial charge < -0.3 is 9.73 Å². The molecule has 0 fully saturated rings. The fraction of sp³-hybridized carbons (Fsp3) is 0.158. The number of halogens is 1. The molecule has 0 unspecified atom stereocenters. The number of nitrogens with one attached hydrogen (secondary N) is 1. The number of benzene rings is 2. The van der Waals surface area contributed by atoms with Gasteiger partial charge in [0.2, 0.25) is 0 Å². The molecule has 1 N–H and O–H groups in total. The molecular weight excluding hydrogens is 358 g/mol. The van der Waals surface area contributed by atoms with E-state index in [4.69, 9.17) is 16.0 Å². The third kappa shape index (κ3) is 3.72. The molecule has 0 aliphatic heterocycles. The first-order valence-electron chi connectivity index (χ1n) is 7.62. The first kappa shape index (κ1) is 17.6. The minimum absolute atomic E-state index is 0.0329. The Morgan fingerprint density at radius 3 is 2.80 bits per heavy atom. The average Bonchev–Trinajstić information content (AvgIpc) is 2.59. The van der Waals surface area contributed by atoms with Crippen LogP contribution in [0.3, 0.4) is 0 Å². The van der Waals surface area contributed by atoms with E-state index < -0.39 is 5.91 Å². The molecule has 1 amide bonds. The molecule has 0 bridgehead atoms. The van der Waals surface area contributed by atoms with Gasteiger partial charge in [0.05, 0.1) is 5.39 Å². The highest BCUT2D eigenvalue weighted by atomic mass is 35.5. The number of rotatable bonds is 4. The van der Waals surface area contributed by atoms with Crippen molar-refractivity contribution in [3.8, 4) is 0 Å². The zero-order valence-electron chi connectivity index (χ0n) is 13.8. The van der Waals surface area contributed by atoms with Gasteiger partial charge in [0.25, 0.3) is 5.91 Å². The van der Waals surface area contributed by atoms with Gasteiger partial charge in [-0.05, 0) is 48.6 Å². The molecule has 3 aromatic rings. The summed E-state index contributed by atoms with van der Waals surface area (Å²) in [4.78, 5) is 24.7. The number of carbonyl (C=O) groups excluding carboxylic acids is 1. The molecule has 4 nitrogen and oxygen atoms in total. The van der Waals surface area contributed by atoms with Crippen LogP contribution in [0.4, 0.5) is 5.69 Å². The number of hydrogen-bond acceptors (Lipinski definition) is 4. The summed E-state index contributed by atoms with van der Waals surface area (Å²) in [5.41, 5.74) is 2.88. The Labute approximate surface area is 154 Å². The van der Waals surface area contributed by atoms with E-state index in [0.29, 0.717) is 21.7 Å². The highest BCUT2D eigenvalue weighted by Gasteiger charge is 2.14. The van der Waals surface area contributed by atoms with E-state index in [2.05, 4.69) is 5.32 Å². The van der Waals surface area contributed by atoms with Crippen LogP contribution in [0, 0.1) is 6.92 Å². The van der Waals surface area contributed by atoms with Crippen LogP contribution in [0.1, 0.15) is 21.7 Å². The summed E-state index contributed by atoms with van der Waals surface area (Å²) >= 11 is 7.61. The lowest BCUT2D eigenvalue weighted by Gasteiger charge is -2.11. The Kier molecular flexibility index (Phi) is 5.16. The van der Waals surface area contributed by atoms with Crippen molar-refractivity contribution in [1.29, 1.82) is 0 Å². The summed E-state index contributed by atoms with van der Waals surface area (Å²) in [6.45, 7) is 1.96. The third-order valence-electron chi connectivity index (χ3n) is 3.91. The van der Waals surface area contributed by atoms with E-state index in [1.807, 2.05) is 31.4 Å². The number of fused-ring (bicyclic) bond motifs is 1. The molecule has 1 heterocycles. The normalized spacial score (nSPS) is 10.8. The Hall–Kier alpha value is -2.24. The first-order chi connectivity index (χ1) is 12.0. The molecule has 25 heavy (non-hydrogen) atoms. The van der Waals surface area contributed by atoms with E-state index in [-0.39, 0.29) is 11.2 Å². The fourth-order valence-electron chi connectivity index (χ4n) is 2.56. The van der Waals surface area contributed by atoms with Crippen molar-refractivity contribution in [2.24, 2.45) is 0 Å². The molecule has 0 saturated heterocycles. The minimum atomic E-state index is -0.460. The van der Waals surface area contributed by atoms with Crippen LogP contribution in [0.2, 0.25) is 5.02 Å². The van der Waals surface area contributed by atoms with Crippen molar-refractivity contribution in [2.75, 3.05) is 11.6 Å². The Balaban J connectivity index is 1.94. The average molecular weight is 374 g/mol. The van der Waals surface area contributed by atoms with Gasteiger partial charge in [-0.1, -0.05) is 23.7 Å². The zero-order valence-corrected chi connectivity index (χ0v) is 15.3. The quantitative estimate of drug-likeness (QED) is 0.708. The number of hydrogen-bond donors (Lipinski definition) is 1. The second kappa shape index (κ2) is 7.33. The summed E-state index contributed by atoms with van der Waals surface area (Å²) in [5.74, 6) is 0.370. The fourth-order valence-corrected chi connectivity index (χ4v) is 3.35. The highest BCUT2D eigenvalue weighted by molar-refractivity contribution is 7.97. The van der Waals surface area contributed by atoms with E-state index in [1.165, 1.54) is 12.1 Å². The van der Waals surface area contributed by atoms with Crippen molar-refractivity contribution in [3.05, 3.63) is 74.6 Å². The molecule has 1 aromatic heterocycles. The second-order valence-electron chi connectivity index (χ2n) is 5.59. The predicted molar refractivity (Wildman–Crippen MR) is 104 cm³/mol. The standard InChI is InChI=1S/C19H16ClNO3S/c1-11-12(10-25-2)4-3-5-15(11)21-19(23)18-9-16(22)14-8-13(20)6-7-17(14)24-18/h3-9H,10H2,1-2H3,(H,21,23). The maximum atomic E-state index is 12.5. The lowest BCUT2D eigenvalue weighted by molar-refractivity contribution is 0.0997. The number of amides is 1.